The van der Waals surface area contributed by atoms with Crippen molar-refractivity contribution in [3.05, 3.63) is 65.2 Å². The van der Waals surface area contributed by atoms with Gasteiger partial charge in [-0.2, -0.15) is 0 Å². The van der Waals surface area contributed by atoms with Gasteiger partial charge < -0.3 is 0 Å². The monoisotopic (exact) mass is 402 g/mol. The molecule has 3 rings (SSSR count). The number of sulfonamides is 1. The van der Waals surface area contributed by atoms with Crippen LogP contribution in [0, 0.1) is 0 Å². The number of nitrogens with zero attached hydrogens (tertiary/aromatic N) is 2. The Morgan fingerprint density at radius 1 is 1.07 bits per heavy atom. The van der Waals surface area contributed by atoms with Gasteiger partial charge in [0.1, 0.15) is 5.01 Å². The van der Waals surface area contributed by atoms with Crippen LogP contribution in [-0.4, -0.2) is 24.5 Å². The molecule has 2 aromatic carbocycles. The fourth-order valence-corrected chi connectivity index (χ4v) is 4.23. The second kappa shape index (κ2) is 8.28. The van der Waals surface area contributed by atoms with E-state index < -0.39 is 10.0 Å². The molecule has 1 aromatic heterocycles. The third kappa shape index (κ3) is 4.89. The van der Waals surface area contributed by atoms with Crippen LogP contribution in [0.5, 0.6) is 0 Å². The molecule has 0 fully saturated rings. The Bertz CT molecular complexity index is 1030. The molecular weight excluding hydrogens is 384 g/mol. The summed E-state index contributed by atoms with van der Waals surface area (Å²) in [5.74, 6) is -0.380. The Morgan fingerprint density at radius 2 is 1.85 bits per heavy atom. The summed E-state index contributed by atoms with van der Waals surface area (Å²) in [6.45, 7) is 2.04. The molecule has 3 aromatic rings. The van der Waals surface area contributed by atoms with E-state index in [4.69, 9.17) is 0 Å². The summed E-state index contributed by atoms with van der Waals surface area (Å²) < 4.78 is 27.3. The van der Waals surface area contributed by atoms with Gasteiger partial charge in [0.05, 0.1) is 4.90 Å². The minimum Gasteiger partial charge on any atom is -0.296 e. The molecule has 0 unspecified atom stereocenters. The minimum atomic E-state index is -3.72. The molecule has 1 heterocycles. The molecular formula is C18H18N4O3S2. The molecule has 0 radical (unpaired) electrons. The molecule has 0 saturated heterocycles. The molecule has 0 aliphatic heterocycles. The van der Waals surface area contributed by atoms with E-state index in [2.05, 4.69) is 20.2 Å². The molecule has 9 heteroatoms. The van der Waals surface area contributed by atoms with Crippen molar-refractivity contribution in [2.75, 3.05) is 10.0 Å². The van der Waals surface area contributed by atoms with Gasteiger partial charge in [-0.25, -0.2) is 8.42 Å². The van der Waals surface area contributed by atoms with E-state index in [0.717, 1.165) is 17.8 Å². The lowest BCUT2D eigenvalue weighted by Crippen LogP contribution is -2.15. The summed E-state index contributed by atoms with van der Waals surface area (Å²) in [7, 11) is -3.72. The first-order chi connectivity index (χ1) is 13.0. The van der Waals surface area contributed by atoms with E-state index in [9.17, 15) is 13.2 Å². The molecule has 140 valence electrons. The Balaban J connectivity index is 1.74. The molecule has 0 atom stereocenters. The first-order valence-electron chi connectivity index (χ1n) is 8.29. The van der Waals surface area contributed by atoms with Gasteiger partial charge >= 0.3 is 0 Å². The van der Waals surface area contributed by atoms with Gasteiger partial charge in [0.25, 0.3) is 15.9 Å². The molecule has 0 spiro atoms. The van der Waals surface area contributed by atoms with Gasteiger partial charge in [0.2, 0.25) is 5.13 Å². The molecule has 1 amide bonds. The van der Waals surface area contributed by atoms with Crippen LogP contribution < -0.4 is 10.0 Å². The van der Waals surface area contributed by atoms with E-state index in [-0.39, 0.29) is 10.8 Å². The number of benzene rings is 2. The van der Waals surface area contributed by atoms with Crippen molar-refractivity contribution < 1.29 is 13.2 Å². The lowest BCUT2D eigenvalue weighted by Gasteiger charge is -2.09. The average molecular weight is 403 g/mol. The van der Waals surface area contributed by atoms with Crippen LogP contribution in [0.2, 0.25) is 0 Å². The zero-order chi connectivity index (χ0) is 19.3. The van der Waals surface area contributed by atoms with Gasteiger partial charge in [-0.3, -0.25) is 14.8 Å². The van der Waals surface area contributed by atoms with E-state index in [1.807, 2.05) is 6.92 Å². The maximum Gasteiger partial charge on any atom is 0.261 e. The average Bonchev–Trinajstić information content (AvgIpc) is 3.09. The fourth-order valence-electron chi connectivity index (χ4n) is 2.33. The van der Waals surface area contributed by atoms with Crippen LogP contribution in [0.15, 0.2) is 59.5 Å². The lowest BCUT2D eigenvalue weighted by molar-refractivity contribution is 0.102. The van der Waals surface area contributed by atoms with Crippen LogP contribution in [-0.2, 0) is 16.4 Å². The third-order valence-corrected chi connectivity index (χ3v) is 5.88. The zero-order valence-electron chi connectivity index (χ0n) is 14.5. The number of hydrogen-bond acceptors (Lipinski definition) is 6. The number of amides is 1. The van der Waals surface area contributed by atoms with Crippen molar-refractivity contribution in [3.63, 3.8) is 0 Å². The summed E-state index contributed by atoms with van der Waals surface area (Å²) in [6.07, 6.45) is 1.76. The quantitative estimate of drug-likeness (QED) is 0.629. The van der Waals surface area contributed by atoms with Crippen molar-refractivity contribution in [2.24, 2.45) is 0 Å². The number of aryl methyl sites for hydroxylation is 1. The Hall–Kier alpha value is -2.78. The summed E-state index contributed by atoms with van der Waals surface area (Å²) in [5, 5.41) is 11.9. The number of carbonyl (C=O) groups excluding carboxylic acids is 1. The van der Waals surface area contributed by atoms with E-state index in [0.29, 0.717) is 16.4 Å². The Labute approximate surface area is 161 Å². The smallest absolute Gasteiger partial charge is 0.261 e. The predicted octanol–water partition coefficient (Wildman–Crippen LogP) is 3.54. The van der Waals surface area contributed by atoms with Gasteiger partial charge in [0, 0.05) is 17.7 Å². The van der Waals surface area contributed by atoms with Crippen molar-refractivity contribution in [1.82, 2.24) is 10.2 Å². The van der Waals surface area contributed by atoms with Gasteiger partial charge in [0.15, 0.2) is 0 Å². The molecule has 0 aliphatic carbocycles. The third-order valence-electron chi connectivity index (χ3n) is 3.58. The van der Waals surface area contributed by atoms with E-state index >= 15 is 0 Å². The van der Waals surface area contributed by atoms with Gasteiger partial charge in [-0.15, -0.1) is 10.2 Å². The molecule has 27 heavy (non-hydrogen) atoms. The largest absolute Gasteiger partial charge is 0.296 e. The normalized spacial score (nSPS) is 11.1. The highest BCUT2D eigenvalue weighted by atomic mass is 32.2. The second-order valence-electron chi connectivity index (χ2n) is 5.70. The van der Waals surface area contributed by atoms with Crippen molar-refractivity contribution in [3.8, 4) is 0 Å². The molecule has 7 nitrogen and oxygen atoms in total. The van der Waals surface area contributed by atoms with Crippen LogP contribution in [0.1, 0.15) is 28.7 Å². The summed E-state index contributed by atoms with van der Waals surface area (Å²) in [5.41, 5.74) is 0.617. The van der Waals surface area contributed by atoms with Crippen molar-refractivity contribution in [2.45, 2.75) is 24.7 Å². The zero-order valence-corrected chi connectivity index (χ0v) is 16.2. The number of nitrogens with one attached hydrogen (secondary N) is 2. The van der Waals surface area contributed by atoms with E-state index in [1.54, 1.807) is 36.4 Å². The highest BCUT2D eigenvalue weighted by molar-refractivity contribution is 7.92. The summed E-state index contributed by atoms with van der Waals surface area (Å²) >= 11 is 1.33. The lowest BCUT2D eigenvalue weighted by atomic mass is 10.2. The standard InChI is InChI=1S/C18H18N4O3S2/c1-2-7-16-20-21-18(26-16)19-17(23)13-8-6-9-14(12-13)22-27(24,25)15-10-4-3-5-11-15/h3-6,8-12,22H,2,7H2,1H3,(H,19,21,23). The number of carbonyl (C=O) groups is 1. The van der Waals surface area contributed by atoms with Crippen LogP contribution in [0.25, 0.3) is 0 Å². The number of aromatic nitrogens is 2. The van der Waals surface area contributed by atoms with Crippen LogP contribution in [0.4, 0.5) is 10.8 Å². The highest BCUT2D eigenvalue weighted by Crippen LogP contribution is 2.20. The topological polar surface area (TPSA) is 101 Å². The first kappa shape index (κ1) is 19.0. The number of hydrogen-bond donors (Lipinski definition) is 2. The van der Waals surface area contributed by atoms with Crippen LogP contribution >= 0.6 is 11.3 Å². The van der Waals surface area contributed by atoms with Crippen molar-refractivity contribution in [1.29, 1.82) is 0 Å². The highest BCUT2D eigenvalue weighted by Gasteiger charge is 2.15. The van der Waals surface area contributed by atoms with Gasteiger partial charge in [-0.05, 0) is 36.8 Å². The summed E-state index contributed by atoms with van der Waals surface area (Å²) in [6, 6.07) is 14.3. The number of anilines is 2. The fraction of sp³-hybridized carbons (Fsp3) is 0.167. The Kier molecular flexibility index (Phi) is 5.82. The van der Waals surface area contributed by atoms with Crippen LogP contribution in [0.3, 0.4) is 0 Å². The minimum absolute atomic E-state index is 0.150. The molecule has 0 saturated carbocycles. The second-order valence-corrected chi connectivity index (χ2v) is 8.45. The molecule has 2 N–H and O–H groups in total. The first-order valence-corrected chi connectivity index (χ1v) is 10.6. The summed E-state index contributed by atoms with van der Waals surface area (Å²) in [4.78, 5) is 12.6. The number of rotatable bonds is 7. The Morgan fingerprint density at radius 3 is 2.59 bits per heavy atom. The van der Waals surface area contributed by atoms with Gasteiger partial charge in [-0.1, -0.05) is 42.5 Å². The molecule has 0 bridgehead atoms. The van der Waals surface area contributed by atoms with Crippen molar-refractivity contribution >= 4 is 38.1 Å². The maximum atomic E-state index is 12.4. The van der Waals surface area contributed by atoms with E-state index in [1.165, 1.54) is 29.5 Å². The predicted molar refractivity (Wildman–Crippen MR) is 106 cm³/mol. The molecule has 0 aliphatic rings. The maximum absolute atomic E-state index is 12.4. The SMILES string of the molecule is CCCc1nnc(NC(=O)c2cccc(NS(=O)(=O)c3ccccc3)c2)s1.